The van der Waals surface area contributed by atoms with Crippen molar-refractivity contribution in [2.45, 2.75) is 13.1 Å². The van der Waals surface area contributed by atoms with Gasteiger partial charge in [-0.1, -0.05) is 22.0 Å². The van der Waals surface area contributed by atoms with Crippen LogP contribution in [0.3, 0.4) is 0 Å². The van der Waals surface area contributed by atoms with Gasteiger partial charge >= 0.3 is 0 Å². The maximum Gasteiger partial charge on any atom is 0.159 e. The monoisotopic (exact) mass is 341 g/mol. The van der Waals surface area contributed by atoms with E-state index in [0.717, 1.165) is 21.9 Å². The van der Waals surface area contributed by atoms with E-state index in [2.05, 4.69) is 21.2 Å². The highest BCUT2D eigenvalue weighted by Gasteiger charge is 2.04. The smallest absolute Gasteiger partial charge is 0.159 e. The number of hydrogen-bond donors (Lipinski definition) is 1. The first-order valence-corrected chi connectivity index (χ1v) is 6.86. The zero-order valence-electron chi connectivity index (χ0n) is 10.9. The molecule has 0 aliphatic heterocycles. The van der Waals surface area contributed by atoms with Gasteiger partial charge in [0, 0.05) is 17.6 Å². The van der Waals surface area contributed by atoms with Crippen LogP contribution in [0.25, 0.3) is 0 Å². The van der Waals surface area contributed by atoms with Crippen LogP contribution in [0, 0.1) is 11.6 Å². The molecule has 0 heterocycles. The Hall–Kier alpha value is -1.46. The van der Waals surface area contributed by atoms with Gasteiger partial charge in [-0.15, -0.1) is 0 Å². The number of nitrogens with one attached hydrogen (secondary N) is 1. The van der Waals surface area contributed by atoms with Crippen LogP contribution in [0.5, 0.6) is 5.75 Å². The van der Waals surface area contributed by atoms with Crippen LogP contribution in [-0.2, 0) is 13.1 Å². The fraction of sp³-hybridized carbons (Fsp3) is 0.200. The Kier molecular flexibility index (Phi) is 5.09. The zero-order chi connectivity index (χ0) is 14.5. The van der Waals surface area contributed by atoms with Crippen molar-refractivity contribution in [1.29, 1.82) is 0 Å². The molecule has 2 aromatic carbocycles. The molecule has 0 amide bonds. The maximum atomic E-state index is 13.1. The minimum absolute atomic E-state index is 0.459. The van der Waals surface area contributed by atoms with Crippen LogP contribution < -0.4 is 10.1 Å². The van der Waals surface area contributed by atoms with Gasteiger partial charge in [0.25, 0.3) is 0 Å². The van der Waals surface area contributed by atoms with Crippen LogP contribution in [0.1, 0.15) is 11.1 Å². The van der Waals surface area contributed by atoms with Crippen molar-refractivity contribution in [2.75, 3.05) is 7.11 Å². The molecular formula is C15H14BrF2NO. The summed E-state index contributed by atoms with van der Waals surface area (Å²) in [5.41, 5.74) is 1.73. The van der Waals surface area contributed by atoms with E-state index >= 15 is 0 Å². The molecule has 20 heavy (non-hydrogen) atoms. The third-order valence-corrected chi connectivity index (χ3v) is 3.66. The van der Waals surface area contributed by atoms with Crippen LogP contribution in [0.2, 0.25) is 0 Å². The molecule has 106 valence electrons. The summed E-state index contributed by atoms with van der Waals surface area (Å²) in [7, 11) is 1.61. The van der Waals surface area contributed by atoms with E-state index in [4.69, 9.17) is 4.74 Å². The van der Waals surface area contributed by atoms with Crippen LogP contribution >= 0.6 is 15.9 Å². The summed E-state index contributed by atoms with van der Waals surface area (Å²) in [5.74, 6) is -0.881. The lowest BCUT2D eigenvalue weighted by molar-refractivity contribution is 0.414. The van der Waals surface area contributed by atoms with Gasteiger partial charge in [0.1, 0.15) is 5.75 Å². The Labute approximate surface area is 124 Å². The van der Waals surface area contributed by atoms with Crippen molar-refractivity contribution in [3.8, 4) is 5.75 Å². The normalized spacial score (nSPS) is 10.6. The molecule has 5 heteroatoms. The quantitative estimate of drug-likeness (QED) is 0.886. The van der Waals surface area contributed by atoms with Crippen molar-refractivity contribution in [2.24, 2.45) is 0 Å². The highest BCUT2D eigenvalue weighted by molar-refractivity contribution is 9.10. The van der Waals surface area contributed by atoms with Gasteiger partial charge in [-0.2, -0.15) is 0 Å². The van der Waals surface area contributed by atoms with E-state index in [0.29, 0.717) is 18.7 Å². The summed E-state index contributed by atoms with van der Waals surface area (Å²) in [6, 6.07) is 9.58. The topological polar surface area (TPSA) is 21.3 Å². The molecule has 0 radical (unpaired) electrons. The van der Waals surface area contributed by atoms with Crippen molar-refractivity contribution < 1.29 is 13.5 Å². The Morgan fingerprint density at radius 2 is 1.85 bits per heavy atom. The van der Waals surface area contributed by atoms with E-state index in [1.165, 1.54) is 6.07 Å². The standard InChI is InChI=1S/C15H14BrF2NO/c1-20-12-3-4-13(16)11(7-12)9-19-8-10-2-5-14(17)15(18)6-10/h2-7,19H,8-9H2,1H3. The van der Waals surface area contributed by atoms with Crippen molar-refractivity contribution in [3.05, 3.63) is 63.6 Å². The first-order chi connectivity index (χ1) is 9.60. The predicted octanol–water partition coefficient (Wildman–Crippen LogP) is 4.03. The Bertz CT molecular complexity index is 604. The van der Waals surface area contributed by atoms with Gasteiger partial charge < -0.3 is 10.1 Å². The molecule has 2 rings (SSSR count). The number of benzene rings is 2. The Morgan fingerprint density at radius 1 is 1.05 bits per heavy atom. The molecule has 0 unspecified atom stereocenters. The molecule has 1 N–H and O–H groups in total. The molecule has 0 aliphatic carbocycles. The van der Waals surface area contributed by atoms with Crippen molar-refractivity contribution in [1.82, 2.24) is 5.32 Å². The summed E-state index contributed by atoms with van der Waals surface area (Å²) in [5, 5.41) is 3.18. The molecular weight excluding hydrogens is 328 g/mol. The van der Waals surface area contributed by atoms with Crippen LogP contribution in [-0.4, -0.2) is 7.11 Å². The average Bonchev–Trinajstić information content (AvgIpc) is 2.45. The minimum atomic E-state index is -0.829. The second-order valence-electron chi connectivity index (χ2n) is 4.31. The number of ether oxygens (including phenoxy) is 1. The summed E-state index contributed by atoms with van der Waals surface area (Å²) < 4.78 is 32.0. The molecule has 0 spiro atoms. The second kappa shape index (κ2) is 6.81. The first kappa shape index (κ1) is 14.9. The molecule has 0 saturated heterocycles. The van der Waals surface area contributed by atoms with Gasteiger partial charge in [0.15, 0.2) is 11.6 Å². The third kappa shape index (κ3) is 3.77. The molecule has 0 aromatic heterocycles. The minimum Gasteiger partial charge on any atom is -0.497 e. The number of rotatable bonds is 5. The molecule has 2 nitrogen and oxygen atoms in total. The SMILES string of the molecule is COc1ccc(Br)c(CNCc2ccc(F)c(F)c2)c1. The summed E-state index contributed by atoms with van der Waals surface area (Å²) in [6.45, 7) is 1.05. The molecule has 0 atom stereocenters. The van der Waals surface area contributed by atoms with Crippen LogP contribution in [0.15, 0.2) is 40.9 Å². The third-order valence-electron chi connectivity index (χ3n) is 2.88. The van der Waals surface area contributed by atoms with Crippen molar-refractivity contribution >= 4 is 15.9 Å². The fourth-order valence-corrected chi connectivity index (χ4v) is 2.19. The lowest BCUT2D eigenvalue weighted by Crippen LogP contribution is -2.13. The summed E-state index contributed by atoms with van der Waals surface area (Å²) in [6.07, 6.45) is 0. The average molecular weight is 342 g/mol. The van der Waals surface area contributed by atoms with Crippen LogP contribution in [0.4, 0.5) is 8.78 Å². The fourth-order valence-electron chi connectivity index (χ4n) is 1.80. The number of hydrogen-bond acceptors (Lipinski definition) is 2. The highest BCUT2D eigenvalue weighted by Crippen LogP contribution is 2.22. The van der Waals surface area contributed by atoms with E-state index in [1.807, 2.05) is 18.2 Å². The molecule has 0 bridgehead atoms. The van der Waals surface area contributed by atoms with Crippen molar-refractivity contribution in [3.63, 3.8) is 0 Å². The van der Waals surface area contributed by atoms with E-state index in [9.17, 15) is 8.78 Å². The summed E-state index contributed by atoms with van der Waals surface area (Å²) in [4.78, 5) is 0. The lowest BCUT2D eigenvalue weighted by Gasteiger charge is -2.09. The van der Waals surface area contributed by atoms with Gasteiger partial charge in [-0.05, 0) is 41.5 Å². The first-order valence-electron chi connectivity index (χ1n) is 6.07. The molecule has 0 fully saturated rings. The largest absolute Gasteiger partial charge is 0.497 e. The predicted molar refractivity (Wildman–Crippen MR) is 77.6 cm³/mol. The van der Waals surface area contributed by atoms with Gasteiger partial charge in [0.05, 0.1) is 7.11 Å². The van der Waals surface area contributed by atoms with E-state index in [1.54, 1.807) is 13.2 Å². The Morgan fingerprint density at radius 3 is 2.55 bits per heavy atom. The lowest BCUT2D eigenvalue weighted by atomic mass is 10.2. The molecule has 0 aliphatic rings. The number of methoxy groups -OCH3 is 1. The van der Waals surface area contributed by atoms with E-state index in [-0.39, 0.29) is 0 Å². The van der Waals surface area contributed by atoms with Gasteiger partial charge in [0.2, 0.25) is 0 Å². The Balaban J connectivity index is 1.97. The zero-order valence-corrected chi connectivity index (χ0v) is 12.5. The van der Waals surface area contributed by atoms with E-state index < -0.39 is 11.6 Å². The van der Waals surface area contributed by atoms with Gasteiger partial charge in [-0.3, -0.25) is 0 Å². The molecule has 2 aromatic rings. The second-order valence-corrected chi connectivity index (χ2v) is 5.16. The summed E-state index contributed by atoms with van der Waals surface area (Å²) >= 11 is 3.46. The number of halogens is 3. The highest BCUT2D eigenvalue weighted by atomic mass is 79.9. The molecule has 0 saturated carbocycles. The van der Waals surface area contributed by atoms with Gasteiger partial charge in [-0.25, -0.2) is 8.78 Å². The maximum absolute atomic E-state index is 13.1.